The molecular weight excluding hydrogens is 350 g/mol. The zero-order valence-corrected chi connectivity index (χ0v) is 17.2. The average Bonchev–Trinajstić information content (AvgIpc) is 2.98. The second-order valence-corrected chi connectivity index (χ2v) is 7.33. The first-order valence-electron chi connectivity index (χ1n) is 10.4. The summed E-state index contributed by atoms with van der Waals surface area (Å²) in [4.78, 5) is 15.7. The van der Waals surface area contributed by atoms with E-state index in [1.54, 1.807) is 6.20 Å². The van der Waals surface area contributed by atoms with E-state index in [1.165, 1.54) is 45.3 Å². The topological polar surface area (TPSA) is 70.4 Å². The van der Waals surface area contributed by atoms with Crippen molar-refractivity contribution >= 4 is 5.96 Å². The van der Waals surface area contributed by atoms with Crippen molar-refractivity contribution in [1.29, 1.82) is 0 Å². The van der Waals surface area contributed by atoms with Crippen LogP contribution in [0.5, 0.6) is 0 Å². The predicted octanol–water partition coefficient (Wildman–Crippen LogP) is 2.51. The van der Waals surface area contributed by atoms with Gasteiger partial charge in [-0.25, -0.2) is 9.97 Å². The van der Waals surface area contributed by atoms with Gasteiger partial charge in [-0.1, -0.05) is 18.9 Å². The predicted molar refractivity (Wildman–Crippen MR) is 114 cm³/mol. The fourth-order valence-corrected chi connectivity index (χ4v) is 3.56. The van der Waals surface area contributed by atoms with Crippen LogP contribution in [0.15, 0.2) is 35.7 Å². The molecule has 3 heterocycles. The molecule has 1 aliphatic heterocycles. The highest BCUT2D eigenvalue weighted by Gasteiger charge is 2.08. The number of hydrogen-bond acceptors (Lipinski definition) is 4. The number of aryl methyl sites for hydroxylation is 1. The van der Waals surface area contributed by atoms with Gasteiger partial charge in [0.1, 0.15) is 11.6 Å². The molecule has 1 aliphatic rings. The van der Waals surface area contributed by atoms with E-state index in [1.807, 2.05) is 37.0 Å². The summed E-state index contributed by atoms with van der Waals surface area (Å²) in [7, 11) is 1.81. The Balaban J connectivity index is 1.38. The van der Waals surface area contributed by atoms with Crippen LogP contribution in [0.3, 0.4) is 0 Å². The Morgan fingerprint density at radius 1 is 1.11 bits per heavy atom. The first kappa shape index (κ1) is 20.3. The number of imidazole rings is 1. The minimum atomic E-state index is 0.696. The van der Waals surface area contributed by atoms with Crippen LogP contribution in [0.4, 0.5) is 0 Å². The molecule has 7 nitrogen and oxygen atoms in total. The number of pyridine rings is 1. The number of nitrogens with one attached hydrogen (secondary N) is 2. The van der Waals surface area contributed by atoms with Gasteiger partial charge in [-0.2, -0.15) is 0 Å². The third kappa shape index (κ3) is 6.05. The van der Waals surface area contributed by atoms with Gasteiger partial charge < -0.3 is 15.5 Å². The molecule has 0 aromatic carbocycles. The number of likely N-dealkylation sites (tertiary alicyclic amines) is 1. The van der Waals surface area contributed by atoms with E-state index in [2.05, 4.69) is 36.6 Å². The summed E-state index contributed by atoms with van der Waals surface area (Å²) in [6.45, 7) is 7.29. The lowest BCUT2D eigenvalue weighted by Crippen LogP contribution is -2.38. The molecule has 1 fully saturated rings. The fourth-order valence-electron chi connectivity index (χ4n) is 3.56. The molecule has 0 spiro atoms. The van der Waals surface area contributed by atoms with E-state index in [0.29, 0.717) is 6.54 Å². The molecule has 0 aliphatic carbocycles. The molecule has 0 unspecified atom stereocenters. The SMILES string of the molecule is CN=C(NCCCN1CCCCCC1)NCc1ccc(-n2ccnc2C)nc1. The monoisotopic (exact) mass is 383 g/mol. The standard InChI is InChI=1S/C21H33N7/c1-18-23-11-15-28(18)20-9-8-19(16-25-20)17-26-21(22-2)24-10-7-14-27-12-5-3-4-6-13-27/h8-9,11,15-16H,3-7,10,12-14,17H2,1-2H3,(H2,22,24,26). The van der Waals surface area contributed by atoms with Gasteiger partial charge in [-0.3, -0.25) is 9.56 Å². The lowest BCUT2D eigenvalue weighted by Gasteiger charge is -2.20. The maximum atomic E-state index is 4.54. The first-order valence-corrected chi connectivity index (χ1v) is 10.4. The molecule has 0 saturated carbocycles. The van der Waals surface area contributed by atoms with Gasteiger partial charge in [0.05, 0.1) is 0 Å². The highest BCUT2D eigenvalue weighted by Crippen LogP contribution is 2.10. The third-order valence-electron chi connectivity index (χ3n) is 5.21. The maximum Gasteiger partial charge on any atom is 0.191 e. The minimum absolute atomic E-state index is 0.696. The van der Waals surface area contributed by atoms with Crippen molar-refractivity contribution in [3.05, 3.63) is 42.1 Å². The second kappa shape index (κ2) is 10.8. The van der Waals surface area contributed by atoms with Gasteiger partial charge in [0, 0.05) is 38.7 Å². The Kier molecular flexibility index (Phi) is 7.84. The van der Waals surface area contributed by atoms with E-state index in [0.717, 1.165) is 36.1 Å². The maximum absolute atomic E-state index is 4.54. The van der Waals surface area contributed by atoms with Crippen LogP contribution in [0.2, 0.25) is 0 Å². The number of rotatable bonds is 7. The average molecular weight is 384 g/mol. The number of nitrogens with zero attached hydrogens (tertiary/aromatic N) is 5. The van der Waals surface area contributed by atoms with Crippen LogP contribution >= 0.6 is 0 Å². The lowest BCUT2D eigenvalue weighted by molar-refractivity contribution is 0.282. The molecule has 0 radical (unpaired) electrons. The zero-order chi connectivity index (χ0) is 19.6. The molecule has 3 rings (SSSR count). The molecule has 2 aromatic heterocycles. The van der Waals surface area contributed by atoms with Gasteiger partial charge in [0.15, 0.2) is 5.96 Å². The Hall–Kier alpha value is -2.41. The van der Waals surface area contributed by atoms with Gasteiger partial charge in [-0.15, -0.1) is 0 Å². The molecule has 0 atom stereocenters. The van der Waals surface area contributed by atoms with Gasteiger partial charge in [0.25, 0.3) is 0 Å². The summed E-state index contributed by atoms with van der Waals surface area (Å²) in [6.07, 6.45) is 12.2. The van der Waals surface area contributed by atoms with Crippen molar-refractivity contribution in [1.82, 2.24) is 30.1 Å². The highest BCUT2D eigenvalue weighted by atomic mass is 15.2. The number of aromatic nitrogens is 3. The number of hydrogen-bond donors (Lipinski definition) is 2. The summed E-state index contributed by atoms with van der Waals surface area (Å²) < 4.78 is 1.97. The molecule has 0 bridgehead atoms. The van der Waals surface area contributed by atoms with Crippen LogP contribution in [0, 0.1) is 6.92 Å². The van der Waals surface area contributed by atoms with E-state index < -0.39 is 0 Å². The van der Waals surface area contributed by atoms with Gasteiger partial charge in [0.2, 0.25) is 0 Å². The van der Waals surface area contributed by atoms with Crippen LogP contribution in [0.1, 0.15) is 43.5 Å². The van der Waals surface area contributed by atoms with Gasteiger partial charge >= 0.3 is 0 Å². The summed E-state index contributed by atoms with van der Waals surface area (Å²) in [5.41, 5.74) is 1.12. The molecule has 152 valence electrons. The quantitative estimate of drug-likeness (QED) is 0.437. The Morgan fingerprint density at radius 2 is 1.93 bits per heavy atom. The Bertz CT molecular complexity index is 727. The van der Waals surface area contributed by atoms with E-state index in [4.69, 9.17) is 0 Å². The molecule has 28 heavy (non-hydrogen) atoms. The highest BCUT2D eigenvalue weighted by molar-refractivity contribution is 5.79. The number of guanidine groups is 1. The molecule has 1 saturated heterocycles. The molecular formula is C21H33N7. The Morgan fingerprint density at radius 3 is 2.57 bits per heavy atom. The lowest BCUT2D eigenvalue weighted by atomic mass is 10.2. The molecule has 2 aromatic rings. The largest absolute Gasteiger partial charge is 0.356 e. The van der Waals surface area contributed by atoms with Crippen LogP contribution in [-0.4, -0.2) is 58.6 Å². The van der Waals surface area contributed by atoms with Gasteiger partial charge in [-0.05, 0) is 57.5 Å². The molecule has 2 N–H and O–H groups in total. The van der Waals surface area contributed by atoms with E-state index in [-0.39, 0.29) is 0 Å². The molecule has 7 heteroatoms. The van der Waals surface area contributed by atoms with Crippen molar-refractivity contribution in [2.75, 3.05) is 33.2 Å². The Labute approximate surface area is 168 Å². The smallest absolute Gasteiger partial charge is 0.191 e. The van der Waals surface area contributed by atoms with Crippen LogP contribution in [0.25, 0.3) is 5.82 Å². The van der Waals surface area contributed by atoms with E-state index >= 15 is 0 Å². The second-order valence-electron chi connectivity index (χ2n) is 7.33. The summed E-state index contributed by atoms with van der Waals surface area (Å²) in [6, 6.07) is 4.10. The fraction of sp³-hybridized carbons (Fsp3) is 0.571. The zero-order valence-electron chi connectivity index (χ0n) is 17.2. The van der Waals surface area contributed by atoms with Crippen molar-refractivity contribution in [3.63, 3.8) is 0 Å². The van der Waals surface area contributed by atoms with Crippen LogP contribution in [-0.2, 0) is 6.54 Å². The first-order chi connectivity index (χ1) is 13.8. The summed E-state index contributed by atoms with van der Waals surface area (Å²) in [5.74, 6) is 2.66. The normalized spacial score (nSPS) is 16.0. The third-order valence-corrected chi connectivity index (χ3v) is 5.21. The van der Waals surface area contributed by atoms with Crippen molar-refractivity contribution in [2.45, 2.75) is 45.6 Å². The van der Waals surface area contributed by atoms with Crippen molar-refractivity contribution < 1.29 is 0 Å². The van der Waals surface area contributed by atoms with Crippen molar-refractivity contribution in [3.8, 4) is 5.82 Å². The number of aliphatic imine (C=N–C) groups is 1. The van der Waals surface area contributed by atoms with E-state index in [9.17, 15) is 0 Å². The summed E-state index contributed by atoms with van der Waals surface area (Å²) >= 11 is 0. The minimum Gasteiger partial charge on any atom is -0.356 e. The van der Waals surface area contributed by atoms with Crippen LogP contribution < -0.4 is 10.6 Å². The summed E-state index contributed by atoms with van der Waals surface area (Å²) in [5, 5.41) is 6.78. The van der Waals surface area contributed by atoms with Crippen molar-refractivity contribution in [2.24, 2.45) is 4.99 Å². The molecule has 0 amide bonds.